The summed E-state index contributed by atoms with van der Waals surface area (Å²) in [5.74, 6) is -0.533. The summed E-state index contributed by atoms with van der Waals surface area (Å²) in [6.07, 6.45) is 3.80. The Hall–Kier alpha value is -1.57. The molecule has 1 heterocycles. The Morgan fingerprint density at radius 2 is 1.93 bits per heavy atom. The van der Waals surface area contributed by atoms with Crippen LogP contribution in [0.3, 0.4) is 0 Å². The molecule has 6 nitrogen and oxygen atoms in total. The molecule has 2 N–H and O–H groups in total. The molecule has 1 atom stereocenters. The van der Waals surface area contributed by atoms with Crippen molar-refractivity contribution in [3.63, 3.8) is 0 Å². The Kier molecular flexibility index (Phi) is 8.60. The zero-order valence-electron chi connectivity index (χ0n) is 15.2. The molecule has 1 saturated heterocycles. The van der Waals surface area contributed by atoms with Crippen molar-refractivity contribution in [3.8, 4) is 0 Å². The van der Waals surface area contributed by atoms with Gasteiger partial charge < -0.3 is 10.6 Å². The molecule has 146 valence electrons. The first kappa shape index (κ1) is 21.7. The zero-order chi connectivity index (χ0) is 19.8. The van der Waals surface area contributed by atoms with Gasteiger partial charge in [0, 0.05) is 17.8 Å². The van der Waals surface area contributed by atoms with E-state index in [-0.39, 0.29) is 18.2 Å². The number of rotatable bonds is 8. The molecule has 0 aliphatic carbocycles. The van der Waals surface area contributed by atoms with Crippen molar-refractivity contribution in [1.29, 1.82) is 0 Å². The molecule has 27 heavy (non-hydrogen) atoms. The van der Waals surface area contributed by atoms with Crippen molar-refractivity contribution in [2.45, 2.75) is 51.2 Å². The molecule has 0 aromatic heterocycles. The van der Waals surface area contributed by atoms with E-state index in [0.29, 0.717) is 20.9 Å². The van der Waals surface area contributed by atoms with Crippen molar-refractivity contribution in [2.75, 3.05) is 5.32 Å². The van der Waals surface area contributed by atoms with Crippen LogP contribution < -0.4 is 10.6 Å². The number of amidine groups is 1. The minimum absolute atomic E-state index is 0.0241. The third-order valence-corrected chi connectivity index (χ3v) is 5.52. The van der Waals surface area contributed by atoms with E-state index in [1.165, 1.54) is 11.8 Å². The predicted octanol–water partition coefficient (Wildman–Crippen LogP) is 4.87. The summed E-state index contributed by atoms with van der Waals surface area (Å²) < 4.78 is 0. The van der Waals surface area contributed by atoms with Gasteiger partial charge in [0.1, 0.15) is 5.25 Å². The Balaban J connectivity index is 1.94. The van der Waals surface area contributed by atoms with E-state index in [0.717, 1.165) is 31.4 Å². The number of nitrogens with zero attached hydrogens (tertiary/aromatic N) is 2. The van der Waals surface area contributed by atoms with Crippen molar-refractivity contribution in [1.82, 2.24) is 5.32 Å². The Morgan fingerprint density at radius 1 is 1.22 bits per heavy atom. The lowest BCUT2D eigenvalue weighted by atomic mass is 10.1. The summed E-state index contributed by atoms with van der Waals surface area (Å²) >= 11 is 13.0. The van der Waals surface area contributed by atoms with Gasteiger partial charge in [-0.15, -0.1) is 5.10 Å². The maximum Gasteiger partial charge on any atom is 0.240 e. The Labute approximate surface area is 173 Å². The third-order valence-electron chi connectivity index (χ3n) is 3.71. The topological polar surface area (TPSA) is 82.9 Å². The van der Waals surface area contributed by atoms with Crippen LogP contribution in [-0.2, 0) is 9.59 Å². The fraction of sp³-hybridized carbons (Fsp3) is 0.444. The maximum atomic E-state index is 12.2. The quantitative estimate of drug-likeness (QED) is 0.457. The van der Waals surface area contributed by atoms with Crippen molar-refractivity contribution >= 4 is 63.3 Å². The van der Waals surface area contributed by atoms with Crippen LogP contribution in [0.1, 0.15) is 46.0 Å². The molecule has 1 fully saturated rings. The summed E-state index contributed by atoms with van der Waals surface area (Å²) in [4.78, 5) is 24.3. The summed E-state index contributed by atoms with van der Waals surface area (Å²) in [7, 11) is 0. The minimum Gasteiger partial charge on any atom is -0.326 e. The summed E-state index contributed by atoms with van der Waals surface area (Å²) in [5, 5.41) is 14.4. The van der Waals surface area contributed by atoms with E-state index < -0.39 is 5.25 Å². The number of hydrogen-bond donors (Lipinski definition) is 2. The molecule has 0 bridgehead atoms. The molecule has 2 amide bonds. The zero-order valence-corrected chi connectivity index (χ0v) is 17.5. The molecule has 0 unspecified atom stereocenters. The lowest BCUT2D eigenvalue weighted by Gasteiger charge is -2.08. The van der Waals surface area contributed by atoms with Gasteiger partial charge in [0.25, 0.3) is 0 Å². The van der Waals surface area contributed by atoms with Gasteiger partial charge in [-0.05, 0) is 31.0 Å². The Morgan fingerprint density at radius 3 is 2.56 bits per heavy atom. The molecule has 9 heteroatoms. The number of amides is 2. The van der Waals surface area contributed by atoms with Gasteiger partial charge in [0.2, 0.25) is 11.8 Å². The number of halogens is 2. The van der Waals surface area contributed by atoms with E-state index in [1.54, 1.807) is 18.2 Å². The standard InChI is InChI=1S/C18H22Cl2N4O2S/c1-3-5-11(6-4-2)23-24-18-22-17(26)15(27-18)10-16(25)21-12-7-8-13(19)14(20)9-12/h7-9,15H,3-6,10H2,1-2H3,(H,21,25)(H,22,24,26)/t15-/m1/s1. The lowest BCUT2D eigenvalue weighted by molar-refractivity contribution is -0.122. The number of benzene rings is 1. The van der Waals surface area contributed by atoms with Crippen LogP contribution in [-0.4, -0.2) is 27.9 Å². The predicted molar refractivity (Wildman–Crippen MR) is 114 cm³/mol. The average molecular weight is 429 g/mol. The van der Waals surface area contributed by atoms with Crippen LogP contribution in [0.2, 0.25) is 10.0 Å². The van der Waals surface area contributed by atoms with Crippen molar-refractivity contribution in [2.24, 2.45) is 10.2 Å². The first-order chi connectivity index (χ1) is 12.9. The highest BCUT2D eigenvalue weighted by Gasteiger charge is 2.32. The monoisotopic (exact) mass is 428 g/mol. The van der Waals surface area contributed by atoms with Crippen LogP contribution in [0, 0.1) is 0 Å². The summed E-state index contributed by atoms with van der Waals surface area (Å²) in [6.45, 7) is 4.18. The van der Waals surface area contributed by atoms with E-state index in [2.05, 4.69) is 34.7 Å². The van der Waals surface area contributed by atoms with Crippen LogP contribution in [0.15, 0.2) is 28.4 Å². The second kappa shape index (κ2) is 10.7. The maximum absolute atomic E-state index is 12.2. The molecule has 1 aliphatic heterocycles. The first-order valence-corrected chi connectivity index (χ1v) is 10.4. The number of hydrogen-bond acceptors (Lipinski definition) is 5. The highest BCUT2D eigenvalue weighted by molar-refractivity contribution is 8.15. The van der Waals surface area contributed by atoms with Gasteiger partial charge in [-0.3, -0.25) is 9.59 Å². The lowest BCUT2D eigenvalue weighted by Crippen LogP contribution is -2.28. The van der Waals surface area contributed by atoms with Gasteiger partial charge in [0.05, 0.1) is 10.0 Å². The largest absolute Gasteiger partial charge is 0.326 e. The smallest absolute Gasteiger partial charge is 0.240 e. The molecule has 0 spiro atoms. The molecular weight excluding hydrogens is 407 g/mol. The number of nitrogens with one attached hydrogen (secondary N) is 2. The second-order valence-corrected chi connectivity index (χ2v) is 8.05. The third kappa shape index (κ3) is 6.83. The molecule has 2 rings (SSSR count). The number of carbonyl (C=O) groups is 2. The van der Waals surface area contributed by atoms with Crippen LogP contribution in [0.5, 0.6) is 0 Å². The number of thioether (sulfide) groups is 1. The number of carbonyl (C=O) groups excluding carboxylic acids is 2. The molecule has 0 saturated carbocycles. The minimum atomic E-state index is -0.539. The van der Waals surface area contributed by atoms with E-state index >= 15 is 0 Å². The fourth-order valence-corrected chi connectivity index (χ4v) is 3.67. The highest BCUT2D eigenvalue weighted by atomic mass is 35.5. The SMILES string of the molecule is CCCC(CCC)=N/N=C1\NC(=O)[C@@H](CC(=O)Nc2ccc(Cl)c(Cl)c2)S1. The Bertz CT molecular complexity index is 760. The van der Waals surface area contributed by atoms with E-state index in [4.69, 9.17) is 23.2 Å². The second-order valence-electron chi connectivity index (χ2n) is 6.05. The first-order valence-electron chi connectivity index (χ1n) is 8.78. The van der Waals surface area contributed by atoms with E-state index in [1.807, 2.05) is 0 Å². The van der Waals surface area contributed by atoms with Gasteiger partial charge in [-0.1, -0.05) is 61.7 Å². The molecule has 0 radical (unpaired) electrons. The summed E-state index contributed by atoms with van der Waals surface area (Å²) in [6, 6.07) is 4.82. The normalized spacial score (nSPS) is 17.7. The molecular formula is C18H22Cl2N4O2S. The molecule has 1 aliphatic rings. The van der Waals surface area contributed by atoms with Gasteiger partial charge in [-0.25, -0.2) is 0 Å². The molecule has 1 aromatic rings. The van der Waals surface area contributed by atoms with Crippen LogP contribution in [0.25, 0.3) is 0 Å². The van der Waals surface area contributed by atoms with Gasteiger partial charge in [0.15, 0.2) is 5.17 Å². The number of anilines is 1. The average Bonchev–Trinajstić information content (AvgIpc) is 2.96. The van der Waals surface area contributed by atoms with Crippen LogP contribution >= 0.6 is 35.0 Å². The van der Waals surface area contributed by atoms with Gasteiger partial charge >= 0.3 is 0 Å². The fourth-order valence-electron chi connectivity index (χ4n) is 2.46. The van der Waals surface area contributed by atoms with Crippen LogP contribution in [0.4, 0.5) is 5.69 Å². The van der Waals surface area contributed by atoms with Crippen molar-refractivity contribution < 1.29 is 9.59 Å². The highest BCUT2D eigenvalue weighted by Crippen LogP contribution is 2.26. The molecule has 1 aromatic carbocycles. The van der Waals surface area contributed by atoms with Crippen molar-refractivity contribution in [3.05, 3.63) is 28.2 Å². The van der Waals surface area contributed by atoms with E-state index in [9.17, 15) is 9.59 Å². The van der Waals surface area contributed by atoms with Gasteiger partial charge in [-0.2, -0.15) is 5.10 Å². The summed E-state index contributed by atoms with van der Waals surface area (Å²) in [5.41, 5.74) is 1.54.